The fourth-order valence-electron chi connectivity index (χ4n) is 2.27. The van der Waals surface area contributed by atoms with E-state index >= 15 is 0 Å². The highest BCUT2D eigenvalue weighted by Crippen LogP contribution is 2.47. The van der Waals surface area contributed by atoms with Crippen molar-refractivity contribution in [3.8, 4) is 0 Å². The summed E-state index contributed by atoms with van der Waals surface area (Å²) < 4.78 is 28.3. The van der Waals surface area contributed by atoms with Crippen molar-refractivity contribution in [1.29, 1.82) is 0 Å². The van der Waals surface area contributed by atoms with Gasteiger partial charge in [0.1, 0.15) is 11.6 Å². The number of aliphatic carboxylic acids is 1. The van der Waals surface area contributed by atoms with Crippen LogP contribution in [-0.4, -0.2) is 11.1 Å². The molecular formula is C13H13BrF2O2. The molecule has 0 radical (unpaired) electrons. The maximum absolute atomic E-state index is 14.1. The lowest BCUT2D eigenvalue weighted by molar-refractivity contribution is -0.137. The minimum atomic E-state index is -1.02. The average Bonchev–Trinajstić information content (AvgIpc) is 3.08. The van der Waals surface area contributed by atoms with Crippen LogP contribution >= 0.6 is 15.9 Å². The van der Waals surface area contributed by atoms with Crippen molar-refractivity contribution in [2.45, 2.75) is 32.1 Å². The van der Waals surface area contributed by atoms with Crippen molar-refractivity contribution in [3.63, 3.8) is 0 Å². The molecule has 98 valence electrons. The van der Waals surface area contributed by atoms with E-state index in [1.54, 1.807) is 6.92 Å². The first-order chi connectivity index (χ1) is 8.41. The molecular weight excluding hydrogens is 306 g/mol. The summed E-state index contributed by atoms with van der Waals surface area (Å²) in [4.78, 5) is 10.9. The van der Waals surface area contributed by atoms with E-state index in [0.717, 1.165) is 12.8 Å². The Balaban J connectivity index is 2.49. The van der Waals surface area contributed by atoms with Crippen LogP contribution in [0.3, 0.4) is 0 Å². The topological polar surface area (TPSA) is 37.3 Å². The molecule has 1 fully saturated rings. The van der Waals surface area contributed by atoms with Gasteiger partial charge in [0, 0.05) is 11.5 Å². The second kappa shape index (κ2) is 4.96. The van der Waals surface area contributed by atoms with Gasteiger partial charge in [-0.05, 0) is 53.2 Å². The van der Waals surface area contributed by atoms with Crippen LogP contribution in [0.25, 0.3) is 0 Å². The van der Waals surface area contributed by atoms with E-state index in [0.29, 0.717) is 5.56 Å². The van der Waals surface area contributed by atoms with Gasteiger partial charge in [-0.2, -0.15) is 0 Å². The van der Waals surface area contributed by atoms with Crippen LogP contribution in [0, 0.1) is 24.5 Å². The van der Waals surface area contributed by atoms with Crippen LogP contribution in [0.1, 0.15) is 36.3 Å². The first-order valence-electron chi connectivity index (χ1n) is 5.77. The van der Waals surface area contributed by atoms with Gasteiger partial charge >= 0.3 is 5.97 Å². The molecule has 1 unspecified atom stereocenters. The van der Waals surface area contributed by atoms with Gasteiger partial charge < -0.3 is 5.11 Å². The van der Waals surface area contributed by atoms with Crippen LogP contribution in [0.4, 0.5) is 8.78 Å². The highest BCUT2D eigenvalue weighted by atomic mass is 79.9. The van der Waals surface area contributed by atoms with E-state index in [9.17, 15) is 13.6 Å². The highest BCUT2D eigenvalue weighted by molar-refractivity contribution is 9.10. The van der Waals surface area contributed by atoms with Gasteiger partial charge in [-0.1, -0.05) is 0 Å². The number of carboxylic acid groups (broad SMARTS) is 1. The lowest BCUT2D eigenvalue weighted by Crippen LogP contribution is -2.13. The van der Waals surface area contributed by atoms with Crippen LogP contribution in [0.15, 0.2) is 10.5 Å². The Labute approximate surface area is 112 Å². The van der Waals surface area contributed by atoms with E-state index in [2.05, 4.69) is 15.9 Å². The second-order valence-electron chi connectivity index (χ2n) is 4.76. The summed E-state index contributed by atoms with van der Waals surface area (Å²) in [5, 5.41) is 8.89. The number of halogens is 3. The molecule has 2 nitrogen and oxygen atoms in total. The Kier molecular flexibility index (Phi) is 3.71. The van der Waals surface area contributed by atoms with E-state index in [4.69, 9.17) is 5.11 Å². The minimum Gasteiger partial charge on any atom is -0.481 e. The number of carbonyl (C=O) groups is 1. The van der Waals surface area contributed by atoms with Crippen molar-refractivity contribution in [2.24, 2.45) is 5.92 Å². The van der Waals surface area contributed by atoms with E-state index in [1.807, 2.05) is 0 Å². The predicted octanol–water partition coefficient (Wildman–Crippen LogP) is 4.00. The molecule has 0 bridgehead atoms. The summed E-state index contributed by atoms with van der Waals surface area (Å²) >= 11 is 3.05. The third-order valence-electron chi connectivity index (χ3n) is 3.33. The van der Waals surface area contributed by atoms with E-state index < -0.39 is 23.5 Å². The molecule has 1 aliphatic rings. The van der Waals surface area contributed by atoms with Gasteiger partial charge in [0.2, 0.25) is 0 Å². The molecule has 0 amide bonds. The van der Waals surface area contributed by atoms with Crippen molar-refractivity contribution < 1.29 is 18.7 Å². The molecule has 0 heterocycles. The van der Waals surface area contributed by atoms with Gasteiger partial charge in [0.25, 0.3) is 0 Å². The van der Waals surface area contributed by atoms with Crippen molar-refractivity contribution >= 4 is 21.9 Å². The smallest absolute Gasteiger partial charge is 0.303 e. The molecule has 1 atom stereocenters. The molecule has 1 saturated carbocycles. The summed E-state index contributed by atoms with van der Waals surface area (Å²) in [7, 11) is 0. The number of aryl methyl sites for hydroxylation is 1. The third-order valence-corrected chi connectivity index (χ3v) is 3.91. The lowest BCUT2D eigenvalue weighted by Gasteiger charge is -2.18. The summed E-state index contributed by atoms with van der Waals surface area (Å²) in [5.74, 6) is -2.80. The summed E-state index contributed by atoms with van der Waals surface area (Å²) in [6.07, 6.45) is 1.44. The second-order valence-corrected chi connectivity index (χ2v) is 5.61. The molecule has 0 spiro atoms. The van der Waals surface area contributed by atoms with Crippen LogP contribution in [0.2, 0.25) is 0 Å². The SMILES string of the molecule is Cc1cc(Br)c(F)c(C(CC(=O)O)C2CC2)c1F. The van der Waals surface area contributed by atoms with Crippen LogP contribution in [0.5, 0.6) is 0 Å². The number of carboxylic acids is 1. The molecule has 0 aromatic heterocycles. The maximum atomic E-state index is 14.1. The fourth-order valence-corrected chi connectivity index (χ4v) is 2.83. The Morgan fingerprint density at radius 1 is 1.50 bits per heavy atom. The molecule has 1 N–H and O–H groups in total. The molecule has 5 heteroatoms. The number of hydrogen-bond acceptors (Lipinski definition) is 1. The monoisotopic (exact) mass is 318 g/mol. The first-order valence-corrected chi connectivity index (χ1v) is 6.57. The van der Waals surface area contributed by atoms with E-state index in [-0.39, 0.29) is 22.4 Å². The summed E-state index contributed by atoms with van der Waals surface area (Å²) in [5.41, 5.74) is 0.251. The largest absolute Gasteiger partial charge is 0.481 e. The number of benzene rings is 1. The Hall–Kier alpha value is -0.970. The van der Waals surface area contributed by atoms with E-state index in [1.165, 1.54) is 6.07 Å². The zero-order chi connectivity index (χ0) is 13.4. The zero-order valence-electron chi connectivity index (χ0n) is 9.84. The molecule has 0 aliphatic heterocycles. The highest BCUT2D eigenvalue weighted by Gasteiger charge is 2.37. The molecule has 1 aliphatic carbocycles. The molecule has 18 heavy (non-hydrogen) atoms. The minimum absolute atomic E-state index is 0.0771. The Morgan fingerprint density at radius 3 is 2.61 bits per heavy atom. The Morgan fingerprint density at radius 2 is 2.11 bits per heavy atom. The lowest BCUT2D eigenvalue weighted by atomic mass is 9.89. The van der Waals surface area contributed by atoms with Crippen LogP contribution < -0.4 is 0 Å². The standard InChI is InChI=1S/C13H13BrF2O2/c1-6-4-9(14)13(16)11(12(6)15)8(5-10(17)18)7-2-3-7/h4,7-8H,2-3,5H2,1H3,(H,17,18). The summed E-state index contributed by atoms with van der Waals surface area (Å²) in [6, 6.07) is 1.37. The van der Waals surface area contributed by atoms with Crippen molar-refractivity contribution in [2.75, 3.05) is 0 Å². The first kappa shape index (κ1) is 13.5. The number of hydrogen-bond donors (Lipinski definition) is 1. The molecule has 1 aromatic rings. The predicted molar refractivity (Wildman–Crippen MR) is 66.5 cm³/mol. The molecule has 2 rings (SSSR count). The van der Waals surface area contributed by atoms with Gasteiger partial charge in [-0.25, -0.2) is 8.78 Å². The van der Waals surface area contributed by atoms with Crippen LogP contribution in [-0.2, 0) is 4.79 Å². The number of rotatable bonds is 4. The zero-order valence-corrected chi connectivity index (χ0v) is 11.4. The molecule has 1 aromatic carbocycles. The maximum Gasteiger partial charge on any atom is 0.303 e. The van der Waals surface area contributed by atoms with Gasteiger partial charge in [0.05, 0.1) is 10.9 Å². The molecule has 0 saturated heterocycles. The Bertz CT molecular complexity index is 472. The fraction of sp³-hybridized carbons (Fsp3) is 0.462. The normalized spacial score (nSPS) is 16.7. The third kappa shape index (κ3) is 2.55. The van der Waals surface area contributed by atoms with Crippen molar-refractivity contribution in [3.05, 3.63) is 33.3 Å². The van der Waals surface area contributed by atoms with Crippen molar-refractivity contribution in [1.82, 2.24) is 0 Å². The average molecular weight is 319 g/mol. The van der Waals surface area contributed by atoms with Gasteiger partial charge in [0.15, 0.2) is 0 Å². The quantitative estimate of drug-likeness (QED) is 0.852. The van der Waals surface area contributed by atoms with Gasteiger partial charge in [-0.15, -0.1) is 0 Å². The summed E-state index contributed by atoms with van der Waals surface area (Å²) in [6.45, 7) is 1.55. The van der Waals surface area contributed by atoms with Gasteiger partial charge in [-0.3, -0.25) is 4.79 Å².